The van der Waals surface area contributed by atoms with Crippen LogP contribution in [-0.2, 0) is 11.3 Å². The molecule has 0 spiro atoms. The Morgan fingerprint density at radius 3 is 2.56 bits per heavy atom. The molecule has 1 amide bonds. The van der Waals surface area contributed by atoms with Crippen LogP contribution in [0.25, 0.3) is 11.5 Å². The second kappa shape index (κ2) is 7.44. The van der Waals surface area contributed by atoms with Crippen LogP contribution in [0.2, 0.25) is 0 Å². The molecule has 6 heteroatoms. The summed E-state index contributed by atoms with van der Waals surface area (Å²) in [7, 11) is 0. The maximum Gasteiger partial charge on any atom is 0.287 e. The minimum atomic E-state index is -0.170. The Hall–Kier alpha value is -2.73. The zero-order chi connectivity index (χ0) is 17.8. The van der Waals surface area contributed by atoms with E-state index in [1.807, 2.05) is 68.4 Å². The lowest BCUT2D eigenvalue weighted by Gasteiger charge is -2.13. The van der Waals surface area contributed by atoms with Gasteiger partial charge in [0.15, 0.2) is 0 Å². The zero-order valence-electron chi connectivity index (χ0n) is 14.1. The topological polar surface area (TPSA) is 60.1 Å². The third-order valence-electron chi connectivity index (χ3n) is 3.88. The van der Waals surface area contributed by atoms with Crippen LogP contribution in [0.5, 0.6) is 0 Å². The normalized spacial score (nSPS) is 11.9. The molecule has 0 radical (unpaired) electrons. The average Bonchev–Trinajstić information content (AvgIpc) is 2.96. The summed E-state index contributed by atoms with van der Waals surface area (Å²) in [4.78, 5) is 12.5. The number of carbonyl (C=O) groups excluding carboxylic acids is 1. The number of nitrogens with one attached hydrogen (secondary N) is 1. The summed E-state index contributed by atoms with van der Waals surface area (Å²) >= 11 is 5.18. The van der Waals surface area contributed by atoms with Gasteiger partial charge < -0.3 is 9.73 Å². The van der Waals surface area contributed by atoms with Gasteiger partial charge >= 0.3 is 0 Å². The van der Waals surface area contributed by atoms with Gasteiger partial charge in [-0.05, 0) is 43.8 Å². The molecule has 0 aliphatic rings. The molecule has 2 aromatic carbocycles. The van der Waals surface area contributed by atoms with Crippen LogP contribution >= 0.6 is 12.2 Å². The molecule has 3 rings (SSSR count). The van der Waals surface area contributed by atoms with Crippen LogP contribution in [0.1, 0.15) is 24.1 Å². The van der Waals surface area contributed by atoms with Crippen molar-refractivity contribution < 1.29 is 9.21 Å². The fourth-order valence-corrected chi connectivity index (χ4v) is 2.65. The van der Waals surface area contributed by atoms with E-state index in [1.165, 1.54) is 4.68 Å². The number of nitrogens with zero attached hydrogens (tertiary/aromatic N) is 2. The Balaban J connectivity index is 1.69. The lowest BCUT2D eigenvalue weighted by Crippen LogP contribution is -2.30. The van der Waals surface area contributed by atoms with Crippen molar-refractivity contribution >= 4 is 18.1 Å². The van der Waals surface area contributed by atoms with Gasteiger partial charge in [-0.1, -0.05) is 48.0 Å². The van der Waals surface area contributed by atoms with Crippen molar-refractivity contribution in [2.45, 2.75) is 26.4 Å². The SMILES string of the molecule is Cc1ccc(-c2nn(CC(=O)N[C@@H](C)c3ccccc3)c(=S)o2)cc1. The van der Waals surface area contributed by atoms with Crippen molar-refractivity contribution in [2.75, 3.05) is 0 Å². The molecule has 1 heterocycles. The van der Waals surface area contributed by atoms with E-state index in [-0.39, 0.29) is 23.3 Å². The van der Waals surface area contributed by atoms with Crippen molar-refractivity contribution in [1.29, 1.82) is 0 Å². The molecule has 1 atom stereocenters. The molecule has 0 aliphatic heterocycles. The highest BCUT2D eigenvalue weighted by Crippen LogP contribution is 2.18. The van der Waals surface area contributed by atoms with Crippen molar-refractivity contribution in [2.24, 2.45) is 0 Å². The summed E-state index contributed by atoms with van der Waals surface area (Å²) in [5.74, 6) is 0.241. The maximum atomic E-state index is 12.3. The standard InChI is InChI=1S/C19H19N3O2S/c1-13-8-10-16(11-9-13)18-21-22(19(25)24-18)12-17(23)20-14(2)15-6-4-3-5-7-15/h3-11,14H,12H2,1-2H3,(H,20,23)/t14-/m0/s1. The molecule has 0 aliphatic carbocycles. The van der Waals surface area contributed by atoms with Gasteiger partial charge in [0.1, 0.15) is 6.54 Å². The monoisotopic (exact) mass is 353 g/mol. The average molecular weight is 353 g/mol. The summed E-state index contributed by atoms with van der Waals surface area (Å²) in [6.45, 7) is 3.97. The number of hydrogen-bond donors (Lipinski definition) is 1. The minimum Gasteiger partial charge on any atom is -0.409 e. The van der Waals surface area contributed by atoms with Gasteiger partial charge in [0.2, 0.25) is 11.8 Å². The molecule has 1 N–H and O–H groups in total. The van der Waals surface area contributed by atoms with Gasteiger partial charge in [0.05, 0.1) is 6.04 Å². The van der Waals surface area contributed by atoms with Crippen LogP contribution in [0.3, 0.4) is 0 Å². The Labute approximate surface area is 151 Å². The fourth-order valence-electron chi connectivity index (χ4n) is 2.47. The van der Waals surface area contributed by atoms with Crippen LogP contribution in [0, 0.1) is 11.8 Å². The van der Waals surface area contributed by atoms with Crippen molar-refractivity contribution in [3.8, 4) is 11.5 Å². The molecule has 3 aromatic rings. The number of amides is 1. The van der Waals surface area contributed by atoms with E-state index in [4.69, 9.17) is 16.6 Å². The van der Waals surface area contributed by atoms with E-state index in [0.29, 0.717) is 5.89 Å². The van der Waals surface area contributed by atoms with Gasteiger partial charge in [0.25, 0.3) is 4.84 Å². The van der Waals surface area contributed by atoms with Crippen LogP contribution in [0.15, 0.2) is 59.0 Å². The van der Waals surface area contributed by atoms with E-state index in [0.717, 1.165) is 16.7 Å². The highest BCUT2D eigenvalue weighted by Gasteiger charge is 2.13. The first-order valence-corrected chi connectivity index (χ1v) is 8.43. The van der Waals surface area contributed by atoms with E-state index in [1.54, 1.807) is 0 Å². The number of carbonyl (C=O) groups is 1. The maximum absolute atomic E-state index is 12.3. The summed E-state index contributed by atoms with van der Waals surface area (Å²) in [6.07, 6.45) is 0. The largest absolute Gasteiger partial charge is 0.409 e. The molecule has 0 unspecified atom stereocenters. The molecule has 0 saturated heterocycles. The van der Waals surface area contributed by atoms with Crippen LogP contribution < -0.4 is 5.32 Å². The third-order valence-corrected chi connectivity index (χ3v) is 4.17. The summed E-state index contributed by atoms with van der Waals surface area (Å²) in [5, 5.41) is 7.26. The molecule has 128 valence electrons. The highest BCUT2D eigenvalue weighted by atomic mass is 32.1. The number of aryl methyl sites for hydroxylation is 1. The van der Waals surface area contributed by atoms with Gasteiger partial charge in [-0.3, -0.25) is 4.79 Å². The molecule has 0 saturated carbocycles. The first-order valence-electron chi connectivity index (χ1n) is 8.02. The van der Waals surface area contributed by atoms with Crippen molar-refractivity contribution in [1.82, 2.24) is 15.1 Å². The first kappa shape index (κ1) is 17.1. The van der Waals surface area contributed by atoms with Crippen molar-refractivity contribution in [3.63, 3.8) is 0 Å². The van der Waals surface area contributed by atoms with Gasteiger partial charge in [0, 0.05) is 5.56 Å². The van der Waals surface area contributed by atoms with E-state index >= 15 is 0 Å². The Morgan fingerprint density at radius 2 is 1.88 bits per heavy atom. The number of hydrogen-bond acceptors (Lipinski definition) is 4. The first-order chi connectivity index (χ1) is 12.0. The molecule has 5 nitrogen and oxygen atoms in total. The van der Waals surface area contributed by atoms with Crippen molar-refractivity contribution in [3.05, 3.63) is 70.6 Å². The van der Waals surface area contributed by atoms with Crippen LogP contribution in [-0.4, -0.2) is 15.7 Å². The predicted octanol–water partition coefficient (Wildman–Crippen LogP) is 4.06. The quantitative estimate of drug-likeness (QED) is 0.703. The number of benzene rings is 2. The molecule has 0 fully saturated rings. The molecular weight excluding hydrogens is 334 g/mol. The Kier molecular flexibility index (Phi) is 5.09. The number of rotatable bonds is 5. The zero-order valence-corrected chi connectivity index (χ0v) is 14.9. The summed E-state index contributed by atoms with van der Waals surface area (Å²) in [6, 6.07) is 17.5. The summed E-state index contributed by atoms with van der Waals surface area (Å²) < 4.78 is 6.92. The highest BCUT2D eigenvalue weighted by molar-refractivity contribution is 7.71. The van der Waals surface area contributed by atoms with Crippen LogP contribution in [0.4, 0.5) is 0 Å². The molecule has 1 aromatic heterocycles. The second-order valence-corrected chi connectivity index (χ2v) is 6.25. The minimum absolute atomic E-state index is 0.0192. The molecular formula is C19H19N3O2S. The van der Waals surface area contributed by atoms with Gasteiger partial charge in [-0.25, -0.2) is 4.68 Å². The van der Waals surface area contributed by atoms with E-state index < -0.39 is 0 Å². The second-order valence-electron chi connectivity index (χ2n) is 5.90. The van der Waals surface area contributed by atoms with Gasteiger partial charge in [-0.15, -0.1) is 5.10 Å². The smallest absolute Gasteiger partial charge is 0.287 e. The fraction of sp³-hybridized carbons (Fsp3) is 0.211. The molecule has 25 heavy (non-hydrogen) atoms. The predicted molar refractivity (Wildman–Crippen MR) is 98.5 cm³/mol. The third kappa shape index (κ3) is 4.22. The molecule has 0 bridgehead atoms. The van der Waals surface area contributed by atoms with E-state index in [2.05, 4.69) is 10.4 Å². The van der Waals surface area contributed by atoms with E-state index in [9.17, 15) is 4.79 Å². The Bertz CT molecular complexity index is 914. The lowest BCUT2D eigenvalue weighted by atomic mass is 10.1. The Morgan fingerprint density at radius 1 is 1.20 bits per heavy atom. The van der Waals surface area contributed by atoms with Gasteiger partial charge in [-0.2, -0.15) is 0 Å². The summed E-state index contributed by atoms with van der Waals surface area (Å²) in [5.41, 5.74) is 3.02. The lowest BCUT2D eigenvalue weighted by molar-refractivity contribution is -0.122. The number of aromatic nitrogens is 2.